The van der Waals surface area contributed by atoms with Crippen molar-refractivity contribution in [3.05, 3.63) is 52.4 Å². The predicted molar refractivity (Wildman–Crippen MR) is 95.5 cm³/mol. The second-order valence-electron chi connectivity index (χ2n) is 7.01. The minimum absolute atomic E-state index is 0.114. The molecule has 2 saturated heterocycles. The minimum Gasteiger partial charge on any atom is -0.336 e. The number of nitrogens with one attached hydrogen (secondary N) is 1. The number of aromatic amines is 1. The van der Waals surface area contributed by atoms with Crippen LogP contribution in [0, 0.1) is 0 Å². The first-order valence-electron chi connectivity index (χ1n) is 8.65. The summed E-state index contributed by atoms with van der Waals surface area (Å²) in [7, 11) is 1.82. The maximum atomic E-state index is 12.3. The topological polar surface area (TPSA) is 70.1 Å². The molecule has 25 heavy (non-hydrogen) atoms. The Hall–Kier alpha value is -2.67. The largest absolute Gasteiger partial charge is 0.336 e. The molecule has 2 aliphatic heterocycles. The van der Waals surface area contributed by atoms with Crippen molar-refractivity contribution in [2.24, 2.45) is 7.05 Å². The van der Waals surface area contributed by atoms with Crippen LogP contribution in [0.2, 0.25) is 0 Å². The molecule has 5 rings (SSSR count). The maximum Gasteiger partial charge on any atom is 0.263 e. The van der Waals surface area contributed by atoms with Crippen molar-refractivity contribution in [3.63, 3.8) is 0 Å². The minimum atomic E-state index is -0.114. The molecule has 7 nitrogen and oxygen atoms in total. The second kappa shape index (κ2) is 5.42. The van der Waals surface area contributed by atoms with E-state index in [1.165, 1.54) is 5.56 Å². The lowest BCUT2D eigenvalue weighted by Crippen LogP contribution is -2.47. The molecular weight excluding hydrogens is 316 g/mol. The summed E-state index contributed by atoms with van der Waals surface area (Å²) >= 11 is 0. The van der Waals surface area contributed by atoms with Crippen molar-refractivity contribution in [2.45, 2.75) is 25.0 Å². The number of aromatic nitrogens is 4. The third kappa shape index (κ3) is 2.34. The van der Waals surface area contributed by atoms with Crippen LogP contribution in [-0.4, -0.2) is 49.8 Å². The lowest BCUT2D eigenvalue weighted by atomic mass is 10.2. The van der Waals surface area contributed by atoms with E-state index in [-0.39, 0.29) is 5.56 Å². The van der Waals surface area contributed by atoms with Gasteiger partial charge in [-0.25, -0.2) is 0 Å². The molecule has 4 heterocycles. The first-order valence-corrected chi connectivity index (χ1v) is 8.65. The highest BCUT2D eigenvalue weighted by atomic mass is 16.1. The van der Waals surface area contributed by atoms with E-state index in [1.54, 1.807) is 10.9 Å². The number of rotatable bonds is 3. The van der Waals surface area contributed by atoms with Gasteiger partial charge in [0.1, 0.15) is 5.39 Å². The molecule has 0 aliphatic carbocycles. The molecule has 0 saturated carbocycles. The number of hydrogen-bond acceptors (Lipinski definition) is 5. The number of fused-ring (bicyclic) bond motifs is 3. The molecule has 2 bridgehead atoms. The number of anilines is 1. The average molecular weight is 336 g/mol. The zero-order chi connectivity index (χ0) is 17.0. The second-order valence-corrected chi connectivity index (χ2v) is 7.01. The first kappa shape index (κ1) is 14.7. The molecule has 3 aromatic rings. The van der Waals surface area contributed by atoms with Crippen LogP contribution in [0.5, 0.6) is 0 Å². The van der Waals surface area contributed by atoms with E-state index < -0.39 is 0 Å². The van der Waals surface area contributed by atoms with Crippen LogP contribution in [0.15, 0.2) is 41.3 Å². The van der Waals surface area contributed by atoms with Gasteiger partial charge in [-0.1, -0.05) is 30.3 Å². The van der Waals surface area contributed by atoms with Crippen molar-refractivity contribution < 1.29 is 0 Å². The third-order valence-electron chi connectivity index (χ3n) is 5.44. The number of benzene rings is 1. The summed E-state index contributed by atoms with van der Waals surface area (Å²) in [6.07, 6.45) is 2.70. The highest BCUT2D eigenvalue weighted by Gasteiger charge is 2.44. The number of nitrogens with zero attached hydrogens (tertiary/aromatic N) is 5. The Morgan fingerprint density at radius 3 is 2.80 bits per heavy atom. The van der Waals surface area contributed by atoms with Gasteiger partial charge in [-0.05, 0) is 12.0 Å². The normalized spacial score (nSPS) is 23.0. The van der Waals surface area contributed by atoms with Crippen LogP contribution < -0.4 is 10.5 Å². The quantitative estimate of drug-likeness (QED) is 0.776. The standard InChI is InChI=1S/C18H20N6O/c1-22-16-15(8-19-22)17(25)21-18(20-16)24-11-13-7-14(24)10-23(13)9-12-5-3-2-4-6-12/h2-6,8,13-14H,7,9-11H2,1H3,(H,20,21,25). The molecule has 1 N–H and O–H groups in total. The predicted octanol–water partition coefficient (Wildman–Crippen LogP) is 1.12. The Balaban J connectivity index is 1.39. The lowest BCUT2D eigenvalue weighted by Gasteiger charge is -2.34. The van der Waals surface area contributed by atoms with Crippen LogP contribution in [-0.2, 0) is 13.6 Å². The highest BCUT2D eigenvalue weighted by molar-refractivity contribution is 5.74. The summed E-state index contributed by atoms with van der Waals surface area (Å²) in [6, 6.07) is 11.5. The average Bonchev–Trinajstić information content (AvgIpc) is 3.30. The molecule has 2 atom stereocenters. The fourth-order valence-corrected chi connectivity index (χ4v) is 4.18. The third-order valence-corrected chi connectivity index (χ3v) is 5.44. The number of hydrogen-bond donors (Lipinski definition) is 1. The van der Waals surface area contributed by atoms with Crippen LogP contribution in [0.4, 0.5) is 5.95 Å². The van der Waals surface area contributed by atoms with Crippen molar-refractivity contribution in [1.29, 1.82) is 0 Å². The Kier molecular flexibility index (Phi) is 3.18. The van der Waals surface area contributed by atoms with Crippen molar-refractivity contribution in [3.8, 4) is 0 Å². The van der Waals surface area contributed by atoms with Gasteiger partial charge in [-0.2, -0.15) is 10.1 Å². The summed E-state index contributed by atoms with van der Waals surface area (Å²) in [5, 5.41) is 4.68. The molecule has 0 amide bonds. The summed E-state index contributed by atoms with van der Waals surface area (Å²) in [4.78, 5) is 24.7. The Morgan fingerprint density at radius 2 is 2.04 bits per heavy atom. The van der Waals surface area contributed by atoms with E-state index in [9.17, 15) is 4.79 Å². The van der Waals surface area contributed by atoms with Gasteiger partial charge in [0.05, 0.1) is 6.20 Å². The highest BCUT2D eigenvalue weighted by Crippen LogP contribution is 2.33. The summed E-state index contributed by atoms with van der Waals surface area (Å²) < 4.78 is 1.66. The van der Waals surface area contributed by atoms with Gasteiger partial charge in [-0.15, -0.1) is 0 Å². The molecule has 2 aromatic heterocycles. The van der Waals surface area contributed by atoms with Gasteiger partial charge in [-0.3, -0.25) is 19.4 Å². The monoisotopic (exact) mass is 336 g/mol. The zero-order valence-electron chi connectivity index (χ0n) is 14.1. The molecule has 0 radical (unpaired) electrons. The number of piperazine rings is 1. The van der Waals surface area contributed by atoms with Crippen molar-refractivity contribution in [2.75, 3.05) is 18.0 Å². The maximum absolute atomic E-state index is 12.3. The molecule has 128 valence electrons. The Bertz CT molecular complexity index is 978. The smallest absolute Gasteiger partial charge is 0.263 e. The van der Waals surface area contributed by atoms with Crippen LogP contribution >= 0.6 is 0 Å². The van der Waals surface area contributed by atoms with Crippen LogP contribution in [0.1, 0.15) is 12.0 Å². The SMILES string of the molecule is Cn1ncc2c(=O)[nH]c(N3CC4CC3CN4Cc3ccccc3)nc21. The van der Waals surface area contributed by atoms with Gasteiger partial charge in [0.2, 0.25) is 5.95 Å². The molecule has 2 aliphatic rings. The first-order chi connectivity index (χ1) is 12.2. The molecule has 2 fully saturated rings. The number of likely N-dealkylation sites (tertiary alicyclic amines) is 1. The molecule has 2 unspecified atom stereocenters. The summed E-state index contributed by atoms with van der Waals surface area (Å²) in [6.45, 7) is 2.90. The van der Waals surface area contributed by atoms with Gasteiger partial charge < -0.3 is 4.90 Å². The van der Waals surface area contributed by atoms with Gasteiger partial charge in [0, 0.05) is 38.8 Å². The van der Waals surface area contributed by atoms with E-state index in [2.05, 4.69) is 55.2 Å². The molecular formula is C18H20N6O. The van der Waals surface area contributed by atoms with E-state index >= 15 is 0 Å². The fourth-order valence-electron chi connectivity index (χ4n) is 4.18. The van der Waals surface area contributed by atoms with Gasteiger partial charge >= 0.3 is 0 Å². The summed E-state index contributed by atoms with van der Waals surface area (Å²) in [5.41, 5.74) is 1.88. The van der Waals surface area contributed by atoms with E-state index in [0.29, 0.717) is 29.1 Å². The van der Waals surface area contributed by atoms with Gasteiger partial charge in [0.15, 0.2) is 5.65 Å². The van der Waals surface area contributed by atoms with E-state index in [4.69, 9.17) is 0 Å². The van der Waals surface area contributed by atoms with Crippen molar-refractivity contribution in [1.82, 2.24) is 24.6 Å². The van der Waals surface area contributed by atoms with E-state index in [1.807, 2.05) is 7.05 Å². The molecule has 0 spiro atoms. The van der Waals surface area contributed by atoms with Crippen molar-refractivity contribution >= 4 is 17.0 Å². The van der Waals surface area contributed by atoms with Crippen LogP contribution in [0.25, 0.3) is 11.0 Å². The summed E-state index contributed by atoms with van der Waals surface area (Å²) in [5.74, 6) is 0.674. The fraction of sp³-hybridized carbons (Fsp3) is 0.389. The Labute approximate surface area is 144 Å². The van der Waals surface area contributed by atoms with E-state index in [0.717, 1.165) is 26.1 Å². The lowest BCUT2D eigenvalue weighted by molar-refractivity contribution is 0.229. The molecule has 7 heteroatoms. The van der Waals surface area contributed by atoms with Gasteiger partial charge in [0.25, 0.3) is 5.56 Å². The molecule has 1 aromatic carbocycles. The Morgan fingerprint density at radius 1 is 1.20 bits per heavy atom. The van der Waals surface area contributed by atoms with Crippen LogP contribution in [0.3, 0.4) is 0 Å². The zero-order valence-corrected chi connectivity index (χ0v) is 14.1. The number of aryl methyl sites for hydroxylation is 1. The number of H-pyrrole nitrogens is 1.